The smallest absolute Gasteiger partial charge is 0.262 e. The van der Waals surface area contributed by atoms with Crippen LogP contribution in [0, 0.1) is 13.8 Å². The van der Waals surface area contributed by atoms with Crippen LogP contribution in [-0.2, 0) is 10.0 Å². The van der Waals surface area contributed by atoms with Crippen molar-refractivity contribution in [2.75, 3.05) is 4.72 Å². The molecule has 2 rings (SSSR count). The van der Waals surface area contributed by atoms with Crippen molar-refractivity contribution < 1.29 is 8.42 Å². The van der Waals surface area contributed by atoms with Crippen molar-refractivity contribution in [3.05, 3.63) is 57.6 Å². The number of aryl methyl sites for hydroxylation is 2. The first-order valence-corrected chi connectivity index (χ1v) is 9.38. The summed E-state index contributed by atoms with van der Waals surface area (Å²) < 4.78 is 29.1. The highest BCUT2D eigenvalue weighted by atomic mass is 79.9. The van der Waals surface area contributed by atoms with Gasteiger partial charge in [0.15, 0.2) is 0 Å². The minimum absolute atomic E-state index is 0.242. The molecule has 0 aliphatic carbocycles. The highest BCUT2D eigenvalue weighted by Crippen LogP contribution is 2.29. The Morgan fingerprint density at radius 3 is 2.32 bits per heavy atom. The summed E-state index contributed by atoms with van der Waals surface area (Å²) in [5.41, 5.74) is 3.23. The van der Waals surface area contributed by atoms with E-state index in [0.717, 1.165) is 15.6 Å². The van der Waals surface area contributed by atoms with Crippen LogP contribution in [0.25, 0.3) is 0 Å². The first-order valence-electron chi connectivity index (χ1n) is 7.11. The highest BCUT2D eigenvalue weighted by molar-refractivity contribution is 9.10. The molecule has 0 heterocycles. The van der Waals surface area contributed by atoms with E-state index in [9.17, 15) is 8.42 Å². The molecule has 0 bridgehead atoms. The highest BCUT2D eigenvalue weighted by Gasteiger charge is 2.20. The summed E-state index contributed by atoms with van der Waals surface area (Å²) >= 11 is 3.43. The molecule has 5 heteroatoms. The number of rotatable bonds is 4. The fourth-order valence-corrected chi connectivity index (χ4v) is 4.20. The van der Waals surface area contributed by atoms with Crippen LogP contribution in [0.1, 0.15) is 36.5 Å². The first kappa shape index (κ1) is 17.0. The summed E-state index contributed by atoms with van der Waals surface area (Å²) in [7, 11) is -3.61. The molecule has 0 aromatic heterocycles. The van der Waals surface area contributed by atoms with Gasteiger partial charge >= 0.3 is 0 Å². The zero-order valence-corrected chi connectivity index (χ0v) is 15.5. The monoisotopic (exact) mass is 381 g/mol. The van der Waals surface area contributed by atoms with Gasteiger partial charge in [-0.25, -0.2) is 8.42 Å². The van der Waals surface area contributed by atoms with Crippen molar-refractivity contribution in [1.29, 1.82) is 0 Å². The van der Waals surface area contributed by atoms with E-state index in [-0.39, 0.29) is 5.92 Å². The van der Waals surface area contributed by atoms with Crippen molar-refractivity contribution in [2.45, 2.75) is 38.5 Å². The van der Waals surface area contributed by atoms with Gasteiger partial charge in [0.1, 0.15) is 0 Å². The number of para-hydroxylation sites is 1. The van der Waals surface area contributed by atoms with E-state index in [1.165, 1.54) is 0 Å². The predicted molar refractivity (Wildman–Crippen MR) is 95.0 cm³/mol. The quantitative estimate of drug-likeness (QED) is 0.810. The second kappa shape index (κ2) is 6.42. The van der Waals surface area contributed by atoms with Gasteiger partial charge in [-0.3, -0.25) is 4.72 Å². The second-order valence-corrected chi connectivity index (χ2v) is 8.22. The fraction of sp³-hybridized carbons (Fsp3) is 0.294. The standard InChI is InChI=1S/C17H20BrNO2S/c1-11(2)14-7-5-6-8-16(14)19-22(20,21)17-10-12(3)15(18)9-13(17)4/h5-11,19H,1-4H3. The molecule has 3 nitrogen and oxygen atoms in total. The predicted octanol–water partition coefficient (Wildman–Crippen LogP) is 4.99. The van der Waals surface area contributed by atoms with Gasteiger partial charge in [-0.15, -0.1) is 0 Å². The lowest BCUT2D eigenvalue weighted by Gasteiger charge is -2.16. The molecule has 0 atom stereocenters. The van der Waals surface area contributed by atoms with Gasteiger partial charge in [0, 0.05) is 4.47 Å². The van der Waals surface area contributed by atoms with Gasteiger partial charge in [-0.05, 0) is 54.7 Å². The SMILES string of the molecule is Cc1cc(S(=O)(=O)Nc2ccccc2C(C)C)c(C)cc1Br. The second-order valence-electron chi connectivity index (χ2n) is 5.71. The van der Waals surface area contributed by atoms with Gasteiger partial charge in [0.05, 0.1) is 10.6 Å². The van der Waals surface area contributed by atoms with Crippen LogP contribution in [0.4, 0.5) is 5.69 Å². The Bertz CT molecular complexity index is 798. The van der Waals surface area contributed by atoms with E-state index < -0.39 is 10.0 Å². The van der Waals surface area contributed by atoms with Crippen LogP contribution in [0.5, 0.6) is 0 Å². The van der Waals surface area contributed by atoms with Gasteiger partial charge < -0.3 is 0 Å². The Morgan fingerprint density at radius 1 is 1.05 bits per heavy atom. The minimum Gasteiger partial charge on any atom is -0.279 e. The summed E-state index contributed by atoms with van der Waals surface area (Å²) in [6, 6.07) is 11.0. The van der Waals surface area contributed by atoms with E-state index >= 15 is 0 Å². The third kappa shape index (κ3) is 3.52. The molecule has 0 radical (unpaired) electrons. The molecule has 118 valence electrons. The van der Waals surface area contributed by atoms with E-state index in [1.54, 1.807) is 19.1 Å². The molecule has 1 N–H and O–H groups in total. The third-order valence-corrected chi connectivity index (χ3v) is 5.93. The van der Waals surface area contributed by atoms with E-state index in [1.807, 2.05) is 45.0 Å². The Hall–Kier alpha value is -1.33. The van der Waals surface area contributed by atoms with Crippen LogP contribution in [0.2, 0.25) is 0 Å². The van der Waals surface area contributed by atoms with E-state index in [2.05, 4.69) is 20.7 Å². The average molecular weight is 382 g/mol. The van der Waals surface area contributed by atoms with Crippen molar-refractivity contribution in [2.24, 2.45) is 0 Å². The van der Waals surface area contributed by atoms with E-state index in [0.29, 0.717) is 16.1 Å². The van der Waals surface area contributed by atoms with Gasteiger partial charge in [0.2, 0.25) is 0 Å². The largest absolute Gasteiger partial charge is 0.279 e. The fourth-order valence-electron chi connectivity index (χ4n) is 2.34. The summed E-state index contributed by atoms with van der Waals surface area (Å²) in [6.45, 7) is 7.77. The molecule has 0 saturated heterocycles. The average Bonchev–Trinajstić information content (AvgIpc) is 2.42. The summed E-state index contributed by atoms with van der Waals surface area (Å²) in [5.74, 6) is 0.242. The van der Waals surface area contributed by atoms with Gasteiger partial charge in [0.25, 0.3) is 10.0 Å². The van der Waals surface area contributed by atoms with Gasteiger partial charge in [-0.2, -0.15) is 0 Å². The maximum absolute atomic E-state index is 12.7. The first-order chi connectivity index (χ1) is 10.2. The molecule has 0 spiro atoms. The molecular weight excluding hydrogens is 362 g/mol. The molecule has 0 fully saturated rings. The molecule has 0 aliphatic rings. The van der Waals surface area contributed by atoms with Crippen LogP contribution in [0.3, 0.4) is 0 Å². The lowest BCUT2D eigenvalue weighted by atomic mass is 10.0. The van der Waals surface area contributed by atoms with Crippen LogP contribution < -0.4 is 4.72 Å². The van der Waals surface area contributed by atoms with Crippen LogP contribution in [-0.4, -0.2) is 8.42 Å². The lowest BCUT2D eigenvalue weighted by Crippen LogP contribution is -2.16. The van der Waals surface area contributed by atoms with Crippen LogP contribution in [0.15, 0.2) is 45.8 Å². The number of nitrogens with one attached hydrogen (secondary N) is 1. The maximum Gasteiger partial charge on any atom is 0.262 e. The molecule has 0 unspecified atom stereocenters. The molecule has 22 heavy (non-hydrogen) atoms. The van der Waals surface area contributed by atoms with Gasteiger partial charge in [-0.1, -0.05) is 48.0 Å². The van der Waals surface area contributed by atoms with Crippen molar-refractivity contribution in [3.63, 3.8) is 0 Å². The van der Waals surface area contributed by atoms with Crippen molar-refractivity contribution in [1.82, 2.24) is 0 Å². The zero-order chi connectivity index (χ0) is 16.5. The topological polar surface area (TPSA) is 46.2 Å². The molecule has 0 amide bonds. The van der Waals surface area contributed by atoms with E-state index in [4.69, 9.17) is 0 Å². The minimum atomic E-state index is -3.61. The third-order valence-electron chi connectivity index (χ3n) is 3.57. The Kier molecular flexibility index (Phi) is 4.97. The molecule has 2 aromatic rings. The Morgan fingerprint density at radius 2 is 1.68 bits per heavy atom. The lowest BCUT2D eigenvalue weighted by molar-refractivity contribution is 0.600. The molecule has 0 aliphatic heterocycles. The maximum atomic E-state index is 12.7. The van der Waals surface area contributed by atoms with Crippen LogP contribution >= 0.6 is 15.9 Å². The van der Waals surface area contributed by atoms with Crippen molar-refractivity contribution in [3.8, 4) is 0 Å². The normalized spacial score (nSPS) is 11.7. The Balaban J connectivity index is 2.47. The number of hydrogen-bond acceptors (Lipinski definition) is 2. The number of benzene rings is 2. The molecule has 2 aromatic carbocycles. The molecule has 0 saturated carbocycles. The number of hydrogen-bond donors (Lipinski definition) is 1. The number of halogens is 1. The number of sulfonamides is 1. The summed E-state index contributed by atoms with van der Waals surface area (Å²) in [5, 5.41) is 0. The summed E-state index contributed by atoms with van der Waals surface area (Å²) in [4.78, 5) is 0.312. The molecular formula is C17H20BrNO2S. The zero-order valence-electron chi connectivity index (χ0n) is 13.1. The Labute approximate surface area is 140 Å². The summed E-state index contributed by atoms with van der Waals surface area (Å²) in [6.07, 6.45) is 0. The van der Waals surface area contributed by atoms with Crippen molar-refractivity contribution >= 4 is 31.6 Å². The number of anilines is 1.